The van der Waals surface area contributed by atoms with E-state index in [1.165, 1.54) is 0 Å². The number of carbonyl (C=O) groups is 1. The van der Waals surface area contributed by atoms with Gasteiger partial charge in [0.05, 0.1) is 22.8 Å². The number of anilines is 1. The van der Waals surface area contributed by atoms with Gasteiger partial charge < -0.3 is 10.2 Å². The summed E-state index contributed by atoms with van der Waals surface area (Å²) in [5.41, 5.74) is 3.19. The van der Waals surface area contributed by atoms with Gasteiger partial charge in [0.2, 0.25) is 5.91 Å². The predicted octanol–water partition coefficient (Wildman–Crippen LogP) is 3.13. The fourth-order valence-corrected chi connectivity index (χ4v) is 3.84. The van der Waals surface area contributed by atoms with E-state index in [9.17, 15) is 10.1 Å². The Morgan fingerprint density at radius 1 is 1.26 bits per heavy atom. The van der Waals surface area contributed by atoms with E-state index in [2.05, 4.69) is 21.4 Å². The molecule has 1 aliphatic heterocycles. The van der Waals surface area contributed by atoms with Crippen LogP contribution in [0.3, 0.4) is 0 Å². The number of aromatic nitrogens is 2. The Labute approximate surface area is 157 Å². The number of hydrogen-bond donors (Lipinski definition) is 1. The van der Waals surface area contributed by atoms with E-state index in [4.69, 9.17) is 0 Å². The summed E-state index contributed by atoms with van der Waals surface area (Å²) in [6.07, 6.45) is 5.57. The van der Waals surface area contributed by atoms with Crippen molar-refractivity contribution in [2.75, 3.05) is 18.9 Å². The number of pyridine rings is 2. The summed E-state index contributed by atoms with van der Waals surface area (Å²) in [7, 11) is 1.84. The fraction of sp³-hybridized carbons (Fsp3) is 0.238. The number of fused-ring (bicyclic) bond motifs is 1. The molecule has 1 amide bonds. The Morgan fingerprint density at radius 3 is 2.81 bits per heavy atom. The molecule has 2 atom stereocenters. The molecule has 134 valence electrons. The van der Waals surface area contributed by atoms with Crippen LogP contribution in [0.2, 0.25) is 0 Å². The Kier molecular flexibility index (Phi) is 4.43. The van der Waals surface area contributed by atoms with Gasteiger partial charge in [0, 0.05) is 49.9 Å². The number of nitrogens with one attached hydrogen (secondary N) is 1. The van der Waals surface area contributed by atoms with Crippen LogP contribution < -0.4 is 5.32 Å². The van der Waals surface area contributed by atoms with Crippen LogP contribution in [0.5, 0.6) is 0 Å². The number of rotatable bonds is 4. The van der Waals surface area contributed by atoms with E-state index in [0.29, 0.717) is 18.5 Å². The topological polar surface area (TPSA) is 81.9 Å². The third-order valence-electron chi connectivity index (χ3n) is 5.18. The van der Waals surface area contributed by atoms with Gasteiger partial charge in [-0.25, -0.2) is 0 Å². The second-order valence-electron chi connectivity index (χ2n) is 6.75. The maximum atomic E-state index is 12.3. The molecule has 3 aromatic rings. The van der Waals surface area contributed by atoms with E-state index >= 15 is 0 Å². The third kappa shape index (κ3) is 3.08. The molecule has 3 heterocycles. The van der Waals surface area contributed by atoms with Crippen molar-refractivity contribution >= 4 is 22.5 Å². The molecule has 0 bridgehead atoms. The number of para-hydroxylation sites is 1. The second-order valence-corrected chi connectivity index (χ2v) is 6.75. The van der Waals surface area contributed by atoms with Gasteiger partial charge in [0.1, 0.15) is 6.07 Å². The molecule has 0 radical (unpaired) electrons. The molecule has 0 saturated carbocycles. The minimum absolute atomic E-state index is 0.00774. The van der Waals surface area contributed by atoms with E-state index in [1.54, 1.807) is 23.5 Å². The Balaban J connectivity index is 1.64. The average molecular weight is 357 g/mol. The fourth-order valence-electron chi connectivity index (χ4n) is 3.84. The largest absolute Gasteiger partial charge is 0.383 e. The summed E-state index contributed by atoms with van der Waals surface area (Å²) in [5, 5.41) is 13.8. The first-order chi connectivity index (χ1) is 13.2. The van der Waals surface area contributed by atoms with Gasteiger partial charge in [-0.3, -0.25) is 14.8 Å². The smallest absolute Gasteiger partial charge is 0.223 e. The Hall–Kier alpha value is -3.46. The maximum absolute atomic E-state index is 12.3. The van der Waals surface area contributed by atoms with Crippen molar-refractivity contribution in [1.29, 1.82) is 5.26 Å². The molecule has 27 heavy (non-hydrogen) atoms. The summed E-state index contributed by atoms with van der Waals surface area (Å²) < 4.78 is 0. The molecule has 1 aliphatic rings. The molecular formula is C21H19N5O. The lowest BCUT2D eigenvalue weighted by atomic mass is 9.94. The average Bonchev–Trinajstić information content (AvgIpc) is 3.00. The van der Waals surface area contributed by atoms with Gasteiger partial charge >= 0.3 is 0 Å². The molecule has 1 fully saturated rings. The van der Waals surface area contributed by atoms with Crippen molar-refractivity contribution < 1.29 is 4.79 Å². The van der Waals surface area contributed by atoms with Crippen molar-refractivity contribution in [3.63, 3.8) is 0 Å². The first-order valence-corrected chi connectivity index (χ1v) is 8.86. The summed E-state index contributed by atoms with van der Waals surface area (Å²) in [5.74, 6) is 0.229. The first kappa shape index (κ1) is 17.0. The van der Waals surface area contributed by atoms with Crippen LogP contribution in [0.25, 0.3) is 10.9 Å². The summed E-state index contributed by atoms with van der Waals surface area (Å²) in [6.45, 7) is 0.589. The molecule has 0 spiro atoms. The van der Waals surface area contributed by atoms with Gasteiger partial charge in [-0.1, -0.05) is 18.2 Å². The molecule has 1 saturated heterocycles. The number of nitriles is 1. The summed E-state index contributed by atoms with van der Waals surface area (Å²) in [4.78, 5) is 22.6. The quantitative estimate of drug-likeness (QED) is 0.776. The molecule has 0 unspecified atom stereocenters. The van der Waals surface area contributed by atoms with E-state index in [1.807, 2.05) is 43.4 Å². The highest BCUT2D eigenvalue weighted by molar-refractivity contribution is 5.93. The van der Waals surface area contributed by atoms with Crippen molar-refractivity contribution in [3.05, 3.63) is 66.1 Å². The normalized spacial score (nSPS) is 19.3. The standard InChI is InChI=1S/C21H19N5O/c1-26-19(27)10-15(21(26)14-6-8-23-9-7-14)12-25-20-16(11-22)13-24-18-5-3-2-4-17(18)20/h2-9,13,15,21H,10,12H2,1H3,(H,24,25)/t15-,21-/m0/s1. The Bertz CT molecular complexity index is 1030. The van der Waals surface area contributed by atoms with Crippen LogP contribution in [0.4, 0.5) is 5.69 Å². The summed E-state index contributed by atoms with van der Waals surface area (Å²) >= 11 is 0. The highest BCUT2D eigenvalue weighted by atomic mass is 16.2. The maximum Gasteiger partial charge on any atom is 0.223 e. The lowest BCUT2D eigenvalue weighted by Crippen LogP contribution is -2.26. The zero-order chi connectivity index (χ0) is 18.8. The van der Waals surface area contributed by atoms with Crippen LogP contribution in [-0.4, -0.2) is 34.4 Å². The van der Waals surface area contributed by atoms with Crippen LogP contribution in [0.1, 0.15) is 23.6 Å². The van der Waals surface area contributed by atoms with E-state index in [-0.39, 0.29) is 17.9 Å². The highest BCUT2D eigenvalue weighted by Gasteiger charge is 2.38. The Morgan fingerprint density at radius 2 is 2.04 bits per heavy atom. The van der Waals surface area contributed by atoms with Crippen molar-refractivity contribution in [2.24, 2.45) is 5.92 Å². The van der Waals surface area contributed by atoms with Gasteiger partial charge in [0.15, 0.2) is 0 Å². The van der Waals surface area contributed by atoms with Crippen molar-refractivity contribution in [3.8, 4) is 6.07 Å². The van der Waals surface area contributed by atoms with E-state index < -0.39 is 0 Å². The number of benzene rings is 1. The van der Waals surface area contributed by atoms with Crippen LogP contribution in [0.15, 0.2) is 55.0 Å². The first-order valence-electron chi connectivity index (χ1n) is 8.86. The monoisotopic (exact) mass is 357 g/mol. The second kappa shape index (κ2) is 7.04. The number of amides is 1. The zero-order valence-corrected chi connectivity index (χ0v) is 15.0. The lowest BCUT2D eigenvalue weighted by Gasteiger charge is -2.26. The van der Waals surface area contributed by atoms with Gasteiger partial charge in [0.25, 0.3) is 0 Å². The SMILES string of the molecule is CN1C(=O)C[C@@H](CNc2c(C#N)cnc3ccccc23)[C@@H]1c1ccncc1. The minimum atomic E-state index is -0.00774. The van der Waals surface area contributed by atoms with Crippen LogP contribution in [0, 0.1) is 17.2 Å². The molecule has 2 aromatic heterocycles. The third-order valence-corrected chi connectivity index (χ3v) is 5.18. The number of nitrogens with zero attached hydrogens (tertiary/aromatic N) is 4. The zero-order valence-electron chi connectivity index (χ0n) is 15.0. The highest BCUT2D eigenvalue weighted by Crippen LogP contribution is 2.37. The molecule has 6 heteroatoms. The molecule has 6 nitrogen and oxygen atoms in total. The van der Waals surface area contributed by atoms with Gasteiger partial charge in [-0.05, 0) is 23.8 Å². The molecule has 1 aromatic carbocycles. The van der Waals surface area contributed by atoms with Gasteiger partial charge in [-0.2, -0.15) is 5.26 Å². The van der Waals surface area contributed by atoms with Crippen molar-refractivity contribution in [2.45, 2.75) is 12.5 Å². The summed E-state index contributed by atoms with van der Waals surface area (Å²) in [6, 6.07) is 13.9. The predicted molar refractivity (Wildman–Crippen MR) is 103 cm³/mol. The number of carbonyl (C=O) groups excluding carboxylic acids is 1. The van der Waals surface area contributed by atoms with E-state index in [0.717, 1.165) is 22.2 Å². The molecule has 4 rings (SSSR count). The van der Waals surface area contributed by atoms with Crippen molar-refractivity contribution in [1.82, 2.24) is 14.9 Å². The molecule has 1 N–H and O–H groups in total. The molecular weight excluding hydrogens is 338 g/mol. The molecule has 0 aliphatic carbocycles. The number of hydrogen-bond acceptors (Lipinski definition) is 5. The van der Waals surface area contributed by atoms with Crippen LogP contribution in [-0.2, 0) is 4.79 Å². The number of likely N-dealkylation sites (tertiary alicyclic amines) is 1. The minimum Gasteiger partial charge on any atom is -0.383 e. The van der Waals surface area contributed by atoms with Crippen LogP contribution >= 0.6 is 0 Å². The van der Waals surface area contributed by atoms with Gasteiger partial charge in [-0.15, -0.1) is 0 Å². The lowest BCUT2D eigenvalue weighted by molar-refractivity contribution is -0.127.